The van der Waals surface area contributed by atoms with Crippen molar-refractivity contribution in [2.75, 3.05) is 46.4 Å². The molecule has 2 aliphatic rings. The number of ether oxygens (including phenoxy) is 1. The summed E-state index contributed by atoms with van der Waals surface area (Å²) in [7, 11) is -1.37. The first-order valence-corrected chi connectivity index (χ1v) is 9.12. The summed E-state index contributed by atoms with van der Waals surface area (Å²) in [5.74, 6) is 1.10. The Labute approximate surface area is 132 Å². The quantitative estimate of drug-likeness (QED) is 0.866. The van der Waals surface area contributed by atoms with E-state index in [1.807, 2.05) is 31.3 Å². The van der Waals surface area contributed by atoms with Crippen molar-refractivity contribution in [2.45, 2.75) is 6.42 Å². The minimum absolute atomic E-state index is 0.178. The molecule has 0 radical (unpaired) electrons. The Morgan fingerprint density at radius 3 is 2.73 bits per heavy atom. The third-order valence-corrected chi connectivity index (χ3v) is 5.89. The fourth-order valence-electron chi connectivity index (χ4n) is 2.86. The van der Waals surface area contributed by atoms with E-state index in [0.29, 0.717) is 26.2 Å². The molecular weight excluding hydrogens is 302 g/mol. The van der Waals surface area contributed by atoms with Crippen LogP contribution < -0.4 is 9.46 Å². The molecule has 6 nitrogen and oxygen atoms in total. The van der Waals surface area contributed by atoms with Crippen molar-refractivity contribution in [1.82, 2.24) is 13.9 Å². The predicted octanol–water partition coefficient (Wildman–Crippen LogP) is 0.320. The normalized spacial score (nSPS) is 23.8. The summed E-state index contributed by atoms with van der Waals surface area (Å²) in [6.07, 6.45) is 0.849. The van der Waals surface area contributed by atoms with Crippen molar-refractivity contribution < 1.29 is 13.2 Å². The number of likely N-dealkylation sites (N-methyl/N-ethyl adjacent to an activating group) is 1. The second-order valence-corrected chi connectivity index (χ2v) is 7.80. The summed E-state index contributed by atoms with van der Waals surface area (Å²) in [5.41, 5.74) is 1.15. The zero-order valence-electron chi connectivity index (χ0n) is 12.9. The lowest BCUT2D eigenvalue weighted by molar-refractivity contribution is 0.213. The third kappa shape index (κ3) is 3.60. The van der Waals surface area contributed by atoms with Crippen molar-refractivity contribution in [3.63, 3.8) is 0 Å². The monoisotopic (exact) mass is 325 g/mol. The van der Waals surface area contributed by atoms with Crippen LogP contribution in [-0.2, 0) is 16.6 Å². The Bertz CT molecular complexity index is 612. The number of benzene rings is 1. The molecule has 7 heteroatoms. The molecule has 0 bridgehead atoms. The minimum atomic E-state index is -3.38. The number of hydrogen-bond acceptors (Lipinski definition) is 4. The molecule has 0 saturated carbocycles. The fourth-order valence-corrected chi connectivity index (χ4v) is 4.14. The van der Waals surface area contributed by atoms with Crippen LogP contribution in [0.25, 0.3) is 0 Å². The van der Waals surface area contributed by atoms with Gasteiger partial charge < -0.3 is 9.64 Å². The molecule has 0 aromatic heterocycles. The molecule has 22 heavy (non-hydrogen) atoms. The molecule has 122 valence electrons. The van der Waals surface area contributed by atoms with Crippen molar-refractivity contribution in [3.05, 3.63) is 29.8 Å². The molecule has 1 saturated heterocycles. The van der Waals surface area contributed by atoms with Gasteiger partial charge in [0, 0.05) is 38.6 Å². The number of nitrogens with one attached hydrogen (secondary N) is 1. The van der Waals surface area contributed by atoms with Gasteiger partial charge >= 0.3 is 0 Å². The highest BCUT2D eigenvalue weighted by Gasteiger charge is 2.27. The standard InChI is InChI=1S/C15H23N3O3S/c1-17-6-8-18(9-7-17)22(19,20)16-11-13-10-14-4-2-3-5-15(14)21-12-13/h2-5,13,16H,6-12H2,1H3/t13-/m1/s1. The van der Waals surface area contributed by atoms with Crippen LogP contribution in [0.5, 0.6) is 5.75 Å². The van der Waals surface area contributed by atoms with Crippen molar-refractivity contribution in [3.8, 4) is 5.75 Å². The zero-order valence-corrected chi connectivity index (χ0v) is 13.7. The molecule has 0 spiro atoms. The van der Waals surface area contributed by atoms with E-state index in [1.54, 1.807) is 0 Å². The maximum atomic E-state index is 12.3. The van der Waals surface area contributed by atoms with Gasteiger partial charge in [0.25, 0.3) is 10.2 Å². The first-order valence-electron chi connectivity index (χ1n) is 7.68. The fraction of sp³-hybridized carbons (Fsp3) is 0.600. The summed E-state index contributed by atoms with van der Waals surface area (Å²) in [5, 5.41) is 0. The molecule has 0 unspecified atom stereocenters. The number of nitrogens with zero attached hydrogens (tertiary/aromatic N) is 2. The topological polar surface area (TPSA) is 61.9 Å². The van der Waals surface area contributed by atoms with E-state index in [4.69, 9.17) is 4.74 Å². The van der Waals surface area contributed by atoms with E-state index in [1.165, 1.54) is 4.31 Å². The molecule has 0 amide bonds. The molecule has 1 N–H and O–H groups in total. The van der Waals surface area contributed by atoms with E-state index < -0.39 is 10.2 Å². The maximum Gasteiger partial charge on any atom is 0.279 e. The first kappa shape index (κ1) is 15.7. The molecule has 1 aromatic rings. The second-order valence-electron chi connectivity index (χ2n) is 6.04. The summed E-state index contributed by atoms with van der Waals surface area (Å²) in [4.78, 5) is 2.14. The van der Waals surface area contributed by atoms with Crippen LogP contribution in [0.3, 0.4) is 0 Å². The Kier molecular flexibility index (Phi) is 4.67. The van der Waals surface area contributed by atoms with Gasteiger partial charge in [0.15, 0.2) is 0 Å². The molecular formula is C15H23N3O3S. The highest BCUT2D eigenvalue weighted by atomic mass is 32.2. The van der Waals surface area contributed by atoms with Gasteiger partial charge in [-0.15, -0.1) is 0 Å². The van der Waals surface area contributed by atoms with Crippen LogP contribution in [0.2, 0.25) is 0 Å². The van der Waals surface area contributed by atoms with E-state index in [9.17, 15) is 8.42 Å². The van der Waals surface area contributed by atoms with Crippen LogP contribution in [0.1, 0.15) is 5.56 Å². The van der Waals surface area contributed by atoms with Gasteiger partial charge in [0.2, 0.25) is 0 Å². The Balaban J connectivity index is 1.54. The van der Waals surface area contributed by atoms with E-state index in [-0.39, 0.29) is 5.92 Å². The summed E-state index contributed by atoms with van der Waals surface area (Å²) in [6, 6.07) is 7.94. The van der Waals surface area contributed by atoms with Crippen molar-refractivity contribution in [2.24, 2.45) is 5.92 Å². The average Bonchev–Trinajstić information content (AvgIpc) is 2.53. The minimum Gasteiger partial charge on any atom is -0.493 e. The van der Waals surface area contributed by atoms with E-state index in [2.05, 4.69) is 9.62 Å². The highest BCUT2D eigenvalue weighted by Crippen LogP contribution is 2.26. The van der Waals surface area contributed by atoms with Gasteiger partial charge in [-0.2, -0.15) is 12.7 Å². The second kappa shape index (κ2) is 6.54. The van der Waals surface area contributed by atoms with Gasteiger partial charge in [-0.05, 0) is 25.1 Å². The summed E-state index contributed by atoms with van der Waals surface area (Å²) < 4.78 is 34.7. The third-order valence-electron chi connectivity index (χ3n) is 4.31. The SMILES string of the molecule is CN1CCN(S(=O)(=O)NC[C@@H]2COc3ccccc3C2)CC1. The molecule has 2 heterocycles. The lowest BCUT2D eigenvalue weighted by Crippen LogP contribution is -2.51. The molecule has 2 aliphatic heterocycles. The Morgan fingerprint density at radius 2 is 1.95 bits per heavy atom. The van der Waals surface area contributed by atoms with Crippen LogP contribution in [0.4, 0.5) is 0 Å². The van der Waals surface area contributed by atoms with Gasteiger partial charge in [0.05, 0.1) is 6.61 Å². The predicted molar refractivity (Wildman–Crippen MR) is 85.1 cm³/mol. The molecule has 3 rings (SSSR count). The van der Waals surface area contributed by atoms with Gasteiger partial charge in [-0.25, -0.2) is 4.72 Å². The summed E-state index contributed by atoms with van der Waals surface area (Å²) >= 11 is 0. The average molecular weight is 325 g/mol. The van der Waals surface area contributed by atoms with Crippen LogP contribution in [0.15, 0.2) is 24.3 Å². The molecule has 0 aliphatic carbocycles. The van der Waals surface area contributed by atoms with Crippen LogP contribution in [-0.4, -0.2) is 64.0 Å². The lowest BCUT2D eigenvalue weighted by atomic mass is 9.97. The zero-order chi connectivity index (χ0) is 15.6. The van der Waals surface area contributed by atoms with Crippen LogP contribution in [0, 0.1) is 5.92 Å². The van der Waals surface area contributed by atoms with Crippen molar-refractivity contribution in [1.29, 1.82) is 0 Å². The maximum absolute atomic E-state index is 12.3. The highest BCUT2D eigenvalue weighted by molar-refractivity contribution is 7.87. The number of fused-ring (bicyclic) bond motifs is 1. The van der Waals surface area contributed by atoms with Crippen LogP contribution >= 0.6 is 0 Å². The Morgan fingerprint density at radius 1 is 1.23 bits per heavy atom. The first-order chi connectivity index (χ1) is 10.5. The molecule has 1 atom stereocenters. The van der Waals surface area contributed by atoms with Gasteiger partial charge in [-0.3, -0.25) is 0 Å². The van der Waals surface area contributed by atoms with Crippen molar-refractivity contribution >= 4 is 10.2 Å². The van der Waals surface area contributed by atoms with E-state index in [0.717, 1.165) is 30.8 Å². The summed E-state index contributed by atoms with van der Waals surface area (Å²) in [6.45, 7) is 3.64. The van der Waals surface area contributed by atoms with Gasteiger partial charge in [-0.1, -0.05) is 18.2 Å². The largest absolute Gasteiger partial charge is 0.493 e. The smallest absolute Gasteiger partial charge is 0.279 e. The Hall–Kier alpha value is -1.15. The van der Waals surface area contributed by atoms with Gasteiger partial charge in [0.1, 0.15) is 5.75 Å². The number of hydrogen-bond donors (Lipinski definition) is 1. The number of piperazine rings is 1. The lowest BCUT2D eigenvalue weighted by Gasteiger charge is -2.32. The molecule has 1 aromatic carbocycles. The molecule has 1 fully saturated rings. The number of para-hydroxylation sites is 1. The van der Waals surface area contributed by atoms with E-state index >= 15 is 0 Å². The number of rotatable bonds is 4.